The predicted octanol–water partition coefficient (Wildman–Crippen LogP) is 3.79. The molecule has 3 aliphatic rings. The number of carboxylic acid groups (broad SMARTS) is 1. The Morgan fingerprint density at radius 1 is 1.22 bits per heavy atom. The van der Waals surface area contributed by atoms with Gasteiger partial charge >= 0.3 is 12.1 Å². The number of ether oxygens (including phenoxy) is 3. The highest BCUT2D eigenvalue weighted by molar-refractivity contribution is 5.79. The van der Waals surface area contributed by atoms with Gasteiger partial charge in [-0.3, -0.25) is 9.59 Å². The number of amides is 1. The number of hydrogen-bond acceptors (Lipinski definition) is 6. The molecule has 0 aromatic heterocycles. The Morgan fingerprint density at radius 2 is 1.92 bits per heavy atom. The normalized spacial score (nSPS) is 28.7. The van der Waals surface area contributed by atoms with Crippen LogP contribution in [0.1, 0.15) is 63.9 Å². The van der Waals surface area contributed by atoms with E-state index < -0.39 is 30.2 Å². The summed E-state index contributed by atoms with van der Waals surface area (Å²) >= 11 is 0. The topological polar surface area (TPSA) is 106 Å². The van der Waals surface area contributed by atoms with Crippen LogP contribution < -0.4 is 15.4 Å². The summed E-state index contributed by atoms with van der Waals surface area (Å²) in [5, 5.41) is 15.3. The molecule has 1 aliphatic carbocycles. The summed E-state index contributed by atoms with van der Waals surface area (Å²) in [5.74, 6) is -1.62. The fraction of sp³-hybridized carbons (Fsp3) is 0.692. The van der Waals surface area contributed by atoms with Crippen LogP contribution in [0, 0.1) is 0 Å². The second-order valence-electron chi connectivity index (χ2n) is 9.54. The van der Waals surface area contributed by atoms with E-state index in [1.54, 1.807) is 18.2 Å². The Labute approximate surface area is 215 Å². The van der Waals surface area contributed by atoms with Gasteiger partial charge < -0.3 is 30.0 Å². The number of alkyl halides is 3. The molecule has 1 spiro atoms. The van der Waals surface area contributed by atoms with Crippen LogP contribution in [0.25, 0.3) is 0 Å². The molecule has 8 nitrogen and oxygen atoms in total. The van der Waals surface area contributed by atoms with Crippen LogP contribution in [0.5, 0.6) is 5.75 Å². The quantitative estimate of drug-likeness (QED) is 0.470. The molecule has 3 atom stereocenters. The fourth-order valence-corrected chi connectivity index (χ4v) is 5.29. The average molecular weight is 531 g/mol. The number of carbonyl (C=O) groups excluding carboxylic acids is 1. The van der Waals surface area contributed by atoms with Gasteiger partial charge in [0, 0.05) is 0 Å². The van der Waals surface area contributed by atoms with Gasteiger partial charge in [-0.1, -0.05) is 32.0 Å². The molecule has 0 bridgehead atoms. The highest BCUT2D eigenvalue weighted by Gasteiger charge is 2.47. The van der Waals surface area contributed by atoms with E-state index >= 15 is 0 Å². The maximum atomic E-state index is 13.3. The van der Waals surface area contributed by atoms with Crippen LogP contribution in [0.2, 0.25) is 0 Å². The van der Waals surface area contributed by atoms with Gasteiger partial charge in [0.2, 0.25) is 12.0 Å². The molecule has 2 saturated heterocycles. The van der Waals surface area contributed by atoms with Crippen molar-refractivity contribution in [1.29, 1.82) is 0 Å². The highest BCUT2D eigenvalue weighted by Crippen LogP contribution is 2.40. The molecule has 0 radical (unpaired) electrons. The van der Waals surface area contributed by atoms with Gasteiger partial charge in [0.1, 0.15) is 12.4 Å². The van der Waals surface area contributed by atoms with Gasteiger partial charge in [0.05, 0.1) is 37.3 Å². The predicted molar refractivity (Wildman–Crippen MR) is 130 cm³/mol. The van der Waals surface area contributed by atoms with Gasteiger partial charge in [0.15, 0.2) is 0 Å². The molecule has 3 fully saturated rings. The van der Waals surface area contributed by atoms with Crippen LogP contribution in [0.3, 0.4) is 0 Å². The lowest BCUT2D eigenvalue weighted by molar-refractivity contribution is -0.200. The first-order valence-corrected chi connectivity index (χ1v) is 12.9. The molecule has 37 heavy (non-hydrogen) atoms. The summed E-state index contributed by atoms with van der Waals surface area (Å²) in [6.45, 7) is 5.72. The Bertz CT molecular complexity index is 907. The summed E-state index contributed by atoms with van der Waals surface area (Å²) in [4.78, 5) is 22.8. The van der Waals surface area contributed by atoms with Crippen LogP contribution in [-0.2, 0) is 19.1 Å². The van der Waals surface area contributed by atoms with Crippen molar-refractivity contribution in [2.24, 2.45) is 0 Å². The van der Waals surface area contributed by atoms with E-state index in [1.165, 1.54) is 6.07 Å². The monoisotopic (exact) mass is 530 g/mol. The van der Waals surface area contributed by atoms with Crippen LogP contribution in [0.15, 0.2) is 24.3 Å². The van der Waals surface area contributed by atoms with Gasteiger partial charge in [-0.15, -0.1) is 0 Å². The third kappa shape index (κ3) is 7.58. The molecule has 3 N–H and O–H groups in total. The zero-order valence-electron chi connectivity index (χ0n) is 21.3. The zero-order chi connectivity index (χ0) is 27.1. The van der Waals surface area contributed by atoms with Gasteiger partial charge in [-0.25, -0.2) is 0 Å². The summed E-state index contributed by atoms with van der Waals surface area (Å²) < 4.78 is 56.8. The summed E-state index contributed by atoms with van der Waals surface area (Å²) in [6.07, 6.45) is -4.67. The Morgan fingerprint density at radius 3 is 2.57 bits per heavy atom. The van der Waals surface area contributed by atoms with Crippen molar-refractivity contribution in [3.8, 4) is 5.75 Å². The number of hydrogen-bond donors (Lipinski definition) is 3. The summed E-state index contributed by atoms with van der Waals surface area (Å²) in [5.41, 5.74) is 0.206. The molecule has 3 unspecified atom stereocenters. The second kappa shape index (κ2) is 12.9. The molecule has 4 rings (SSSR count). The Hall–Kier alpha value is -2.37. The van der Waals surface area contributed by atoms with Gasteiger partial charge in [-0.05, 0) is 56.2 Å². The number of halogens is 3. The molecular formula is C26H37F3N2O6. The zero-order valence-corrected chi connectivity index (χ0v) is 21.3. The van der Waals surface area contributed by atoms with Crippen molar-refractivity contribution >= 4 is 11.9 Å². The lowest BCUT2D eigenvalue weighted by Gasteiger charge is -2.39. The van der Waals surface area contributed by atoms with Gasteiger partial charge in [-0.2, -0.15) is 13.2 Å². The molecule has 1 amide bonds. The Balaban J connectivity index is 0.00000186. The average Bonchev–Trinajstić information content (AvgIpc) is 3.24. The maximum Gasteiger partial charge on any atom is 0.426 e. The summed E-state index contributed by atoms with van der Waals surface area (Å²) in [6, 6.07) is 6.49. The van der Waals surface area contributed by atoms with Crippen molar-refractivity contribution in [1.82, 2.24) is 10.6 Å². The molecule has 1 aromatic rings. The first kappa shape index (κ1) is 29.2. The van der Waals surface area contributed by atoms with E-state index in [0.29, 0.717) is 31.6 Å². The molecule has 2 heterocycles. The number of rotatable bonds is 8. The molecule has 208 valence electrons. The largest absolute Gasteiger partial charge is 0.481 e. The molecule has 1 aromatic carbocycles. The lowest BCUT2D eigenvalue weighted by atomic mass is 9.82. The number of para-hydroxylation sites is 1. The van der Waals surface area contributed by atoms with Crippen molar-refractivity contribution < 1.29 is 42.1 Å². The first-order chi connectivity index (χ1) is 17.7. The van der Waals surface area contributed by atoms with E-state index in [2.05, 4.69) is 10.6 Å². The third-order valence-corrected chi connectivity index (χ3v) is 7.14. The van der Waals surface area contributed by atoms with Crippen LogP contribution in [0.4, 0.5) is 13.2 Å². The van der Waals surface area contributed by atoms with Crippen LogP contribution >= 0.6 is 0 Å². The summed E-state index contributed by atoms with van der Waals surface area (Å²) in [7, 11) is 0. The third-order valence-electron chi connectivity index (χ3n) is 7.14. The number of nitrogens with one attached hydrogen (secondary N) is 2. The first-order valence-electron chi connectivity index (χ1n) is 12.9. The number of benzene rings is 1. The molecule has 11 heteroatoms. The highest BCUT2D eigenvalue weighted by atomic mass is 19.4. The van der Waals surface area contributed by atoms with E-state index in [-0.39, 0.29) is 36.3 Å². The minimum Gasteiger partial charge on any atom is -0.481 e. The Kier molecular flexibility index (Phi) is 10.2. The number of carbonyl (C=O) groups is 2. The number of carboxylic acids is 1. The second-order valence-corrected chi connectivity index (χ2v) is 9.54. The SMILES string of the molecule is CC.O=C(O)CC(Oc1ccccc1C1CCC(OCC2NCCC23COCC(=O)N3)CC1)C(F)(F)F. The van der Waals surface area contributed by atoms with Crippen molar-refractivity contribution in [3.63, 3.8) is 0 Å². The van der Waals surface area contributed by atoms with Crippen LogP contribution in [-0.4, -0.2) is 73.3 Å². The van der Waals surface area contributed by atoms with Crippen molar-refractivity contribution in [2.75, 3.05) is 26.4 Å². The minimum atomic E-state index is -4.79. The molecule has 1 saturated carbocycles. The maximum absolute atomic E-state index is 13.3. The lowest BCUT2D eigenvalue weighted by Crippen LogP contribution is -2.64. The number of aliphatic carboxylic acids is 1. The van der Waals surface area contributed by atoms with E-state index in [9.17, 15) is 22.8 Å². The van der Waals surface area contributed by atoms with Crippen molar-refractivity contribution in [2.45, 2.75) is 88.3 Å². The van der Waals surface area contributed by atoms with E-state index in [0.717, 1.165) is 25.8 Å². The van der Waals surface area contributed by atoms with E-state index in [4.69, 9.17) is 19.3 Å². The fourth-order valence-electron chi connectivity index (χ4n) is 5.29. The van der Waals surface area contributed by atoms with E-state index in [1.807, 2.05) is 13.8 Å². The smallest absolute Gasteiger partial charge is 0.426 e. The number of morpholine rings is 1. The standard InChI is InChI=1S/C24H31F3N2O6.C2H6/c25-24(26,27)20(11-22(31)32)35-18-4-2-1-3-17(18)15-5-7-16(8-6-15)34-12-19-23(9-10-28-19)14-33-13-21(30)29-23;1-2/h1-4,15-16,19-20,28H,5-14H2,(H,29,30)(H,31,32);1-2H3. The molecule has 2 aliphatic heterocycles. The molecular weight excluding hydrogens is 493 g/mol. The van der Waals surface area contributed by atoms with Crippen molar-refractivity contribution in [3.05, 3.63) is 29.8 Å². The minimum absolute atomic E-state index is 0.00765. The van der Waals surface area contributed by atoms with Gasteiger partial charge in [0.25, 0.3) is 0 Å².